The summed E-state index contributed by atoms with van der Waals surface area (Å²) < 4.78 is 1.76. The third-order valence-electron chi connectivity index (χ3n) is 4.75. The SMILES string of the molecule is CN(C)CCNCc1cccc(Cn2cc(NC(=O)C(=N)c3ccccc3N)cn2)c1.[HH].[HH].[HH]. The fraction of sp³-hybridized carbons (Fsp3) is 0.261. The number of likely N-dealkylation sites (N-methyl/N-ethyl adjacent to an activating group) is 1. The van der Waals surface area contributed by atoms with Gasteiger partial charge in [0, 0.05) is 41.4 Å². The molecule has 0 radical (unpaired) electrons. The largest absolute Gasteiger partial charge is 0.398 e. The van der Waals surface area contributed by atoms with Crippen LogP contribution in [0.4, 0.5) is 11.4 Å². The zero-order valence-electron chi connectivity index (χ0n) is 17.9. The summed E-state index contributed by atoms with van der Waals surface area (Å²) in [6, 6.07) is 15.2. The van der Waals surface area contributed by atoms with E-state index >= 15 is 0 Å². The van der Waals surface area contributed by atoms with E-state index in [0.717, 1.165) is 25.2 Å². The van der Waals surface area contributed by atoms with E-state index in [-0.39, 0.29) is 9.99 Å². The number of carbonyl (C=O) groups is 1. The van der Waals surface area contributed by atoms with Gasteiger partial charge in [-0.25, -0.2) is 0 Å². The van der Waals surface area contributed by atoms with Crippen molar-refractivity contribution in [3.63, 3.8) is 0 Å². The Labute approximate surface area is 187 Å². The van der Waals surface area contributed by atoms with Crippen molar-refractivity contribution in [2.45, 2.75) is 13.1 Å². The Kier molecular flexibility index (Phi) is 7.53. The molecular formula is C23H35N7O. The van der Waals surface area contributed by atoms with Crippen LogP contribution >= 0.6 is 0 Å². The molecule has 1 heterocycles. The summed E-state index contributed by atoms with van der Waals surface area (Å²) in [6.07, 6.45) is 3.33. The van der Waals surface area contributed by atoms with Gasteiger partial charge in [0.25, 0.3) is 5.91 Å². The van der Waals surface area contributed by atoms with E-state index in [9.17, 15) is 4.79 Å². The molecule has 0 aliphatic carbocycles. The van der Waals surface area contributed by atoms with Gasteiger partial charge in [0.1, 0.15) is 5.71 Å². The number of nitrogen functional groups attached to an aromatic ring is 1. The van der Waals surface area contributed by atoms with Crippen molar-refractivity contribution in [3.05, 3.63) is 77.6 Å². The fourth-order valence-corrected chi connectivity index (χ4v) is 3.12. The van der Waals surface area contributed by atoms with Gasteiger partial charge in [-0.3, -0.25) is 14.9 Å². The van der Waals surface area contributed by atoms with Crippen molar-refractivity contribution in [2.24, 2.45) is 0 Å². The van der Waals surface area contributed by atoms with Crippen molar-refractivity contribution in [3.8, 4) is 0 Å². The van der Waals surface area contributed by atoms with E-state index in [1.54, 1.807) is 41.3 Å². The first-order valence-electron chi connectivity index (χ1n) is 10.1. The molecule has 0 aliphatic heterocycles. The Bertz CT molecular complexity index is 1060. The molecule has 3 rings (SSSR count). The minimum atomic E-state index is -0.525. The molecule has 0 atom stereocenters. The van der Waals surface area contributed by atoms with Crippen LogP contribution in [0.3, 0.4) is 0 Å². The number of amides is 1. The molecule has 3 aromatic rings. The number of hydrogen-bond donors (Lipinski definition) is 4. The van der Waals surface area contributed by atoms with Crippen molar-refractivity contribution in [1.82, 2.24) is 20.0 Å². The Morgan fingerprint density at radius 2 is 1.97 bits per heavy atom. The minimum absolute atomic E-state index is 0. The molecular weight excluding hydrogens is 390 g/mol. The minimum Gasteiger partial charge on any atom is -0.398 e. The summed E-state index contributed by atoms with van der Waals surface area (Å²) in [5, 5.41) is 18.6. The van der Waals surface area contributed by atoms with Crippen LogP contribution in [0.1, 0.15) is 21.0 Å². The fourth-order valence-electron chi connectivity index (χ4n) is 3.12. The lowest BCUT2D eigenvalue weighted by atomic mass is 10.1. The first-order valence-corrected chi connectivity index (χ1v) is 10.1. The van der Waals surface area contributed by atoms with Crippen LogP contribution in [-0.4, -0.2) is 53.5 Å². The lowest BCUT2D eigenvalue weighted by molar-refractivity contribution is -0.110. The van der Waals surface area contributed by atoms with Gasteiger partial charge in [-0.15, -0.1) is 0 Å². The molecule has 0 bridgehead atoms. The number of anilines is 2. The molecule has 8 nitrogen and oxygen atoms in total. The zero-order chi connectivity index (χ0) is 22.2. The predicted octanol–water partition coefficient (Wildman–Crippen LogP) is 2.91. The van der Waals surface area contributed by atoms with E-state index < -0.39 is 5.91 Å². The molecule has 0 spiro atoms. The molecule has 0 saturated carbocycles. The maximum Gasteiger partial charge on any atom is 0.274 e. The summed E-state index contributed by atoms with van der Waals surface area (Å²) in [5.41, 5.74) is 9.36. The summed E-state index contributed by atoms with van der Waals surface area (Å²) >= 11 is 0. The molecule has 31 heavy (non-hydrogen) atoms. The molecule has 1 amide bonds. The predicted molar refractivity (Wildman–Crippen MR) is 131 cm³/mol. The Balaban J connectivity index is 0.00000363. The van der Waals surface area contributed by atoms with Crippen LogP contribution in [0.5, 0.6) is 0 Å². The van der Waals surface area contributed by atoms with Gasteiger partial charge in [0.05, 0.1) is 18.4 Å². The van der Waals surface area contributed by atoms with Gasteiger partial charge >= 0.3 is 0 Å². The second-order valence-corrected chi connectivity index (χ2v) is 7.64. The molecule has 168 valence electrons. The van der Waals surface area contributed by atoms with Gasteiger partial charge in [-0.2, -0.15) is 5.10 Å². The third kappa shape index (κ3) is 6.50. The van der Waals surface area contributed by atoms with Crippen molar-refractivity contribution in [2.75, 3.05) is 38.2 Å². The molecule has 8 heteroatoms. The Hall–Kier alpha value is -3.49. The van der Waals surface area contributed by atoms with E-state index in [4.69, 9.17) is 11.1 Å². The van der Waals surface area contributed by atoms with E-state index in [0.29, 0.717) is 23.5 Å². The summed E-state index contributed by atoms with van der Waals surface area (Å²) in [7, 11) is 4.12. The van der Waals surface area contributed by atoms with Gasteiger partial charge in [-0.05, 0) is 31.3 Å². The van der Waals surface area contributed by atoms with Gasteiger partial charge < -0.3 is 21.3 Å². The maximum absolute atomic E-state index is 12.4. The molecule has 5 N–H and O–H groups in total. The molecule has 0 aliphatic rings. The number of nitrogens with zero attached hydrogens (tertiary/aromatic N) is 3. The Morgan fingerprint density at radius 3 is 2.74 bits per heavy atom. The van der Waals surface area contributed by atoms with Crippen molar-refractivity contribution >= 4 is 23.0 Å². The monoisotopic (exact) mass is 425 g/mol. The van der Waals surface area contributed by atoms with E-state index in [1.807, 2.05) is 6.07 Å². The van der Waals surface area contributed by atoms with Crippen LogP contribution < -0.4 is 16.4 Å². The quantitative estimate of drug-likeness (QED) is 0.227. The van der Waals surface area contributed by atoms with Crippen LogP contribution in [0.2, 0.25) is 0 Å². The highest BCUT2D eigenvalue weighted by molar-refractivity contribution is 6.48. The van der Waals surface area contributed by atoms with Gasteiger partial charge in [0.2, 0.25) is 0 Å². The van der Waals surface area contributed by atoms with Crippen molar-refractivity contribution < 1.29 is 9.07 Å². The standard InChI is InChI=1S/C23H29N7O.3H2/c1-29(2)11-10-26-13-17-6-5-7-18(12-17)15-30-16-19(14-27-30)28-23(31)22(25)20-8-3-4-9-21(20)24;;;/h3-9,12,14,16,25-26H,10-11,13,15,24H2,1-2H3,(H,28,31);3*1H. The Morgan fingerprint density at radius 1 is 1.19 bits per heavy atom. The van der Waals surface area contributed by atoms with E-state index in [2.05, 4.69) is 52.9 Å². The summed E-state index contributed by atoms with van der Waals surface area (Å²) in [5.74, 6) is -0.525. The third-order valence-corrected chi connectivity index (χ3v) is 4.75. The molecule has 0 saturated heterocycles. The number of aromatic nitrogens is 2. The van der Waals surface area contributed by atoms with Crippen molar-refractivity contribution in [1.29, 1.82) is 5.41 Å². The molecule has 0 fully saturated rings. The topological polar surface area (TPSA) is 112 Å². The lowest BCUT2D eigenvalue weighted by Gasteiger charge is -2.11. The average Bonchev–Trinajstić information content (AvgIpc) is 3.18. The highest BCUT2D eigenvalue weighted by Crippen LogP contribution is 2.14. The number of benzene rings is 2. The molecule has 0 unspecified atom stereocenters. The average molecular weight is 426 g/mol. The van der Waals surface area contributed by atoms with Gasteiger partial charge in [-0.1, -0.05) is 42.5 Å². The number of nitrogens with one attached hydrogen (secondary N) is 3. The number of rotatable bonds is 10. The maximum atomic E-state index is 12.4. The highest BCUT2D eigenvalue weighted by Gasteiger charge is 2.15. The van der Waals surface area contributed by atoms with Gasteiger partial charge in [0.15, 0.2) is 0 Å². The number of nitrogens with two attached hydrogens (primary N) is 1. The van der Waals surface area contributed by atoms with Crippen LogP contribution in [-0.2, 0) is 17.9 Å². The molecule has 2 aromatic carbocycles. The smallest absolute Gasteiger partial charge is 0.274 e. The zero-order valence-corrected chi connectivity index (χ0v) is 17.9. The number of hydrogen-bond acceptors (Lipinski definition) is 6. The van der Waals surface area contributed by atoms with Crippen LogP contribution in [0.15, 0.2) is 60.9 Å². The highest BCUT2D eigenvalue weighted by atomic mass is 16.1. The van der Waals surface area contributed by atoms with E-state index in [1.165, 1.54) is 5.56 Å². The van der Waals surface area contributed by atoms with Crippen LogP contribution in [0, 0.1) is 5.41 Å². The van der Waals surface area contributed by atoms with Crippen LogP contribution in [0.25, 0.3) is 0 Å². The lowest BCUT2D eigenvalue weighted by Crippen LogP contribution is -2.26. The number of carbonyl (C=O) groups excluding carboxylic acids is 1. The first kappa shape index (κ1) is 22.2. The summed E-state index contributed by atoms with van der Waals surface area (Å²) in [6.45, 7) is 3.33. The second-order valence-electron chi connectivity index (χ2n) is 7.64. The second kappa shape index (κ2) is 10.5. The number of para-hydroxylation sites is 1. The first-order chi connectivity index (χ1) is 14.9. The summed E-state index contributed by atoms with van der Waals surface area (Å²) in [4.78, 5) is 14.6. The molecule has 1 aromatic heterocycles. The normalized spacial score (nSPS) is 10.9.